The van der Waals surface area contributed by atoms with Gasteiger partial charge in [0.05, 0.1) is 48.7 Å². The lowest BCUT2D eigenvalue weighted by atomic mass is 10.2. The van der Waals surface area contributed by atoms with Crippen LogP contribution in [0.1, 0.15) is 43.7 Å². The predicted octanol–water partition coefficient (Wildman–Crippen LogP) is 1.92. The number of halogens is 3. The lowest BCUT2D eigenvalue weighted by Gasteiger charge is -2.09. The van der Waals surface area contributed by atoms with Crippen molar-refractivity contribution in [2.45, 2.75) is 32.6 Å². The Kier molecular flexibility index (Phi) is 15.9. The van der Waals surface area contributed by atoms with Crippen LogP contribution in [-0.2, 0) is 14.1 Å². The zero-order valence-corrected chi connectivity index (χ0v) is 41.1. The molecule has 17 heteroatoms. The van der Waals surface area contributed by atoms with Crippen LogP contribution >= 0.6 is 22.6 Å². The molecule has 0 aliphatic heterocycles. The number of unbranched alkanes of at least 4 members (excludes halogenated alkanes) is 3. The summed E-state index contributed by atoms with van der Waals surface area (Å²) >= 11 is 2.43. The van der Waals surface area contributed by atoms with Crippen molar-refractivity contribution < 1.29 is 57.1 Å². The van der Waals surface area contributed by atoms with Gasteiger partial charge in [-0.1, -0.05) is 48.8 Å². The number of hydrogen-bond acceptors (Lipinski definition) is 8. The Morgan fingerprint density at radius 3 is 1.32 bits per heavy atom. The molecule has 8 aromatic heterocycles. The smallest absolute Gasteiger partial charge is 0.273 e. The maximum absolute atomic E-state index is 9.61. The monoisotopic (exact) mass is 1170 g/mol. The number of pyridine rings is 4. The lowest BCUT2D eigenvalue weighted by molar-refractivity contribution is -0.645. The zero-order chi connectivity index (χ0) is 42.3. The van der Waals surface area contributed by atoms with Crippen LogP contribution in [0, 0.1) is 22.7 Å². The fraction of sp³-hybridized carbons (Fsp3) is 0.174. The molecule has 0 saturated carbocycles. The molecule has 63 heavy (non-hydrogen) atoms. The van der Waals surface area contributed by atoms with Crippen LogP contribution < -0.4 is 57.1 Å². The van der Waals surface area contributed by atoms with E-state index >= 15 is 0 Å². The number of benzene rings is 2. The Balaban J connectivity index is 0.000000178. The molecule has 10 aromatic rings. The number of rotatable bonds is 8. The summed E-state index contributed by atoms with van der Waals surface area (Å²) in [6.45, 7) is 2.24. The van der Waals surface area contributed by atoms with Crippen LogP contribution in [0.4, 0.5) is 0 Å². The van der Waals surface area contributed by atoms with Gasteiger partial charge in [-0.15, -0.1) is 0 Å². The molecule has 10 rings (SSSR count). The van der Waals surface area contributed by atoms with Crippen molar-refractivity contribution in [1.82, 2.24) is 48.2 Å². The molecule has 0 aliphatic rings. The van der Waals surface area contributed by atoms with E-state index in [1.165, 1.54) is 30.1 Å². The van der Waals surface area contributed by atoms with E-state index < -0.39 is 0 Å². The van der Waals surface area contributed by atoms with Gasteiger partial charge in [0.25, 0.3) is 23.9 Å². The Hall–Kier alpha value is -5.91. The Morgan fingerprint density at radius 2 is 0.921 bits per heavy atom. The van der Waals surface area contributed by atoms with E-state index in [1.807, 2.05) is 139 Å². The van der Waals surface area contributed by atoms with Gasteiger partial charge < -0.3 is 48.0 Å². The van der Waals surface area contributed by atoms with E-state index in [0.29, 0.717) is 11.1 Å². The molecule has 0 N–H and O–H groups in total. The van der Waals surface area contributed by atoms with E-state index in [4.69, 9.17) is 0 Å². The first kappa shape index (κ1) is 46.6. The molecule has 0 unspecified atom stereocenters. The summed E-state index contributed by atoms with van der Waals surface area (Å²) in [6, 6.07) is 31.3. The van der Waals surface area contributed by atoms with E-state index in [2.05, 4.69) is 71.6 Å². The average molecular weight is 1170 g/mol. The minimum atomic E-state index is 0. The second-order valence-corrected chi connectivity index (χ2v) is 15.3. The average Bonchev–Trinajstić information content (AvgIpc) is 4.10. The van der Waals surface area contributed by atoms with Crippen molar-refractivity contribution >= 4 is 67.2 Å². The van der Waals surface area contributed by atoms with E-state index in [0.717, 1.165) is 67.4 Å². The number of hydrogen-bond donors (Lipinski definition) is 0. The highest BCUT2D eigenvalue weighted by Crippen LogP contribution is 2.25. The van der Waals surface area contributed by atoms with Crippen molar-refractivity contribution in [3.05, 3.63) is 146 Å². The third-order valence-electron chi connectivity index (χ3n) is 10.1. The molecule has 0 saturated heterocycles. The number of nitriles is 2. The van der Waals surface area contributed by atoms with Gasteiger partial charge in [0.2, 0.25) is 0 Å². The molecule has 0 amide bonds. The summed E-state index contributed by atoms with van der Waals surface area (Å²) in [5.74, 6) is 0. The quantitative estimate of drug-likeness (QED) is 0.0970. The van der Waals surface area contributed by atoms with Gasteiger partial charge in [-0.2, -0.15) is 19.7 Å². The summed E-state index contributed by atoms with van der Waals surface area (Å²) < 4.78 is 13.1. The Morgan fingerprint density at radius 1 is 0.524 bits per heavy atom. The molecule has 0 radical (unpaired) electrons. The van der Waals surface area contributed by atoms with Gasteiger partial charge in [-0.05, 0) is 77.6 Å². The number of aryl methyl sites for hydroxylation is 2. The molecule has 0 bridgehead atoms. The SMILES string of the molecule is CCCCCCI.C[n+]1cn(-c2cc(C#N)cc(-n3c[n+](C)c4cccnc43)c2)c2ncccc21.N#Cc1cc(-n2cnc3cccnc32)cc(-n2cnc3cccnc32)c1.[I-].[I-]. The van der Waals surface area contributed by atoms with Crippen LogP contribution in [0.2, 0.25) is 0 Å². The molecular formula is C46H41I3N14. The third-order valence-corrected chi connectivity index (χ3v) is 10.9. The standard InChI is InChI=1S/C21H17N7.C19H11N7.C6H13I.2HI/c1-25-13-27(20-18(25)5-3-7-23-20)16-9-15(12-22)10-17(11-16)28-14-26(2)19-6-4-8-24-21(19)28;20-10-13-7-14(25-11-23-16-3-1-5-21-18(16)25)9-15(8-13)26-12-24-17-4-2-6-22-19(17)26;1-2-3-4-5-6-7;;/h3-11,13-14H,1-2H3;1-9,11-12H;2-6H2,1H3;2*1H/q+2;;;;/p-2. The maximum atomic E-state index is 9.61. The molecular weight excluding hydrogens is 1130 g/mol. The highest BCUT2D eigenvalue weighted by Gasteiger charge is 2.21. The molecule has 8 heterocycles. The first-order chi connectivity index (χ1) is 29.9. The van der Waals surface area contributed by atoms with Gasteiger partial charge in [-0.25, -0.2) is 39.0 Å². The predicted molar refractivity (Wildman–Crippen MR) is 242 cm³/mol. The minimum absolute atomic E-state index is 0. The lowest BCUT2D eigenvalue weighted by Crippen LogP contribution is -3.00. The summed E-state index contributed by atoms with van der Waals surface area (Å²) in [4.78, 5) is 26.6. The summed E-state index contributed by atoms with van der Waals surface area (Å²) in [5, 5.41) is 19.1. The zero-order valence-electron chi connectivity index (χ0n) is 34.6. The third kappa shape index (κ3) is 10.0. The van der Waals surface area contributed by atoms with Crippen LogP contribution in [0.25, 0.3) is 67.4 Å². The van der Waals surface area contributed by atoms with Crippen molar-refractivity contribution in [3.63, 3.8) is 0 Å². The second kappa shape index (κ2) is 21.4. The minimum Gasteiger partial charge on any atom is -1.00 e. The summed E-state index contributed by atoms with van der Waals surface area (Å²) in [6.07, 6.45) is 20.0. The molecule has 0 fully saturated rings. The van der Waals surface area contributed by atoms with Gasteiger partial charge in [-0.3, -0.25) is 9.13 Å². The topological polar surface area (TPSA) is 152 Å². The van der Waals surface area contributed by atoms with Crippen molar-refractivity contribution in [2.75, 3.05) is 4.43 Å². The van der Waals surface area contributed by atoms with E-state index in [9.17, 15) is 10.5 Å². The van der Waals surface area contributed by atoms with Crippen molar-refractivity contribution in [2.24, 2.45) is 14.1 Å². The fourth-order valence-electron chi connectivity index (χ4n) is 7.13. The van der Waals surface area contributed by atoms with Gasteiger partial charge in [0.15, 0.2) is 22.3 Å². The number of aromatic nitrogens is 12. The van der Waals surface area contributed by atoms with Crippen molar-refractivity contribution in [3.8, 4) is 34.9 Å². The molecule has 316 valence electrons. The van der Waals surface area contributed by atoms with Gasteiger partial charge in [0, 0.05) is 43.0 Å². The maximum Gasteiger partial charge on any atom is 0.273 e. The number of nitrogens with zero attached hydrogens (tertiary/aromatic N) is 14. The first-order valence-electron chi connectivity index (χ1n) is 19.8. The summed E-state index contributed by atoms with van der Waals surface area (Å²) in [7, 11) is 3.97. The van der Waals surface area contributed by atoms with Crippen LogP contribution in [0.5, 0.6) is 0 Å². The highest BCUT2D eigenvalue weighted by molar-refractivity contribution is 14.1. The highest BCUT2D eigenvalue weighted by atomic mass is 127. The van der Waals surface area contributed by atoms with E-state index in [1.54, 1.807) is 37.4 Å². The normalized spacial score (nSPS) is 10.6. The molecule has 2 aromatic carbocycles. The van der Waals surface area contributed by atoms with Crippen molar-refractivity contribution in [1.29, 1.82) is 10.5 Å². The van der Waals surface area contributed by atoms with Gasteiger partial charge >= 0.3 is 0 Å². The Labute approximate surface area is 411 Å². The second-order valence-electron chi connectivity index (χ2n) is 14.3. The fourth-order valence-corrected chi connectivity index (χ4v) is 7.67. The van der Waals surface area contributed by atoms with Gasteiger partial charge in [0.1, 0.15) is 35.1 Å². The number of fused-ring (bicyclic) bond motifs is 4. The first-order valence-corrected chi connectivity index (χ1v) is 21.3. The number of alkyl halides is 1. The molecule has 0 atom stereocenters. The van der Waals surface area contributed by atoms with Crippen LogP contribution in [-0.4, -0.2) is 52.6 Å². The number of imidazole rings is 4. The molecule has 0 aliphatic carbocycles. The summed E-state index contributed by atoms with van der Waals surface area (Å²) in [5.41, 5.74) is 11.3. The molecule has 0 spiro atoms. The molecule has 14 nitrogen and oxygen atoms in total. The van der Waals surface area contributed by atoms with Crippen LogP contribution in [0.15, 0.2) is 135 Å². The largest absolute Gasteiger partial charge is 1.00 e. The Bertz CT molecular complexity index is 3050. The van der Waals surface area contributed by atoms with E-state index in [-0.39, 0.29) is 48.0 Å². The van der Waals surface area contributed by atoms with Crippen LogP contribution in [0.3, 0.4) is 0 Å².